The molecular weight excluding hydrogens is 386 g/mol. The number of carbonyl (C=O) groups is 1. The maximum absolute atomic E-state index is 13.5. The van der Waals surface area contributed by atoms with E-state index in [4.69, 9.17) is 9.47 Å². The second-order valence-corrected chi connectivity index (χ2v) is 9.17. The first-order valence-corrected chi connectivity index (χ1v) is 11.1. The molecule has 1 amide bonds. The fourth-order valence-electron chi connectivity index (χ4n) is 4.16. The number of hydrogen-bond donors (Lipinski definition) is 0. The largest absolute Gasteiger partial charge is 0.491 e. The Labute approximate surface area is 184 Å². The van der Waals surface area contributed by atoms with Gasteiger partial charge in [0, 0.05) is 12.1 Å². The van der Waals surface area contributed by atoms with Crippen LogP contribution in [-0.2, 0) is 0 Å². The molecule has 0 aromatic heterocycles. The molecule has 4 heteroatoms. The van der Waals surface area contributed by atoms with E-state index in [1.165, 1.54) is 0 Å². The third-order valence-corrected chi connectivity index (χ3v) is 5.60. The highest BCUT2D eigenvalue weighted by molar-refractivity contribution is 6.07. The summed E-state index contributed by atoms with van der Waals surface area (Å²) >= 11 is 0. The van der Waals surface area contributed by atoms with Crippen molar-refractivity contribution in [2.75, 3.05) is 13.2 Å². The van der Waals surface area contributed by atoms with Crippen LogP contribution in [0.1, 0.15) is 50.4 Å². The quantitative estimate of drug-likeness (QED) is 0.504. The molecular formula is C27H31NO3. The number of amides is 1. The molecule has 0 spiro atoms. The average Bonchev–Trinajstić information content (AvgIpc) is 2.77. The molecule has 1 atom stereocenters. The number of likely N-dealkylation sites (tertiary alicyclic amines) is 1. The molecule has 162 valence electrons. The molecule has 3 aromatic carbocycles. The fraction of sp³-hybridized carbons (Fsp3) is 0.370. The van der Waals surface area contributed by atoms with Gasteiger partial charge in [-0.3, -0.25) is 4.79 Å². The molecule has 0 saturated carbocycles. The molecule has 31 heavy (non-hydrogen) atoms. The van der Waals surface area contributed by atoms with E-state index in [2.05, 4.69) is 12.1 Å². The van der Waals surface area contributed by atoms with Gasteiger partial charge in [-0.15, -0.1) is 0 Å². The fourth-order valence-corrected chi connectivity index (χ4v) is 4.16. The number of fused-ring (bicyclic) bond motifs is 1. The zero-order valence-corrected chi connectivity index (χ0v) is 18.6. The Kier molecular flexibility index (Phi) is 6.17. The molecule has 0 bridgehead atoms. The second-order valence-electron chi connectivity index (χ2n) is 9.17. The summed E-state index contributed by atoms with van der Waals surface area (Å²) in [5.74, 6) is 1.72. The summed E-state index contributed by atoms with van der Waals surface area (Å²) in [6, 6.07) is 21.8. The highest BCUT2D eigenvalue weighted by Gasteiger charge is 2.29. The van der Waals surface area contributed by atoms with E-state index in [1.54, 1.807) is 0 Å². The van der Waals surface area contributed by atoms with Crippen molar-refractivity contribution in [3.8, 4) is 11.5 Å². The first-order valence-electron chi connectivity index (χ1n) is 11.1. The van der Waals surface area contributed by atoms with E-state index in [0.29, 0.717) is 6.61 Å². The van der Waals surface area contributed by atoms with Crippen LogP contribution >= 0.6 is 0 Å². The van der Waals surface area contributed by atoms with Gasteiger partial charge in [-0.2, -0.15) is 0 Å². The topological polar surface area (TPSA) is 38.8 Å². The van der Waals surface area contributed by atoms with Gasteiger partial charge in [-0.05, 0) is 81.1 Å². The maximum atomic E-state index is 13.5. The summed E-state index contributed by atoms with van der Waals surface area (Å²) in [4.78, 5) is 15.5. The van der Waals surface area contributed by atoms with E-state index in [9.17, 15) is 4.79 Å². The average molecular weight is 418 g/mol. The molecule has 3 aromatic rings. The van der Waals surface area contributed by atoms with Crippen LogP contribution in [0.2, 0.25) is 0 Å². The SMILES string of the molecule is CC(C)(C)Oc1ccc(OCC2CCCCN2C(=O)c2cccc3ccccc23)cc1. The molecule has 0 N–H and O–H groups in total. The first-order chi connectivity index (χ1) is 14.9. The van der Waals surface area contributed by atoms with Crippen LogP contribution in [0.3, 0.4) is 0 Å². The number of rotatable bonds is 5. The monoisotopic (exact) mass is 417 g/mol. The Morgan fingerprint density at radius 1 is 0.935 bits per heavy atom. The maximum Gasteiger partial charge on any atom is 0.254 e. The number of nitrogens with zero attached hydrogens (tertiary/aromatic N) is 1. The van der Waals surface area contributed by atoms with Crippen molar-refractivity contribution >= 4 is 16.7 Å². The van der Waals surface area contributed by atoms with Crippen LogP contribution in [-0.4, -0.2) is 35.6 Å². The van der Waals surface area contributed by atoms with Gasteiger partial charge in [-0.25, -0.2) is 0 Å². The number of hydrogen-bond acceptors (Lipinski definition) is 3. The highest BCUT2D eigenvalue weighted by atomic mass is 16.5. The van der Waals surface area contributed by atoms with Gasteiger partial charge < -0.3 is 14.4 Å². The minimum Gasteiger partial charge on any atom is -0.491 e. The molecule has 1 heterocycles. The van der Waals surface area contributed by atoms with Crippen LogP contribution in [0.15, 0.2) is 66.7 Å². The van der Waals surface area contributed by atoms with Gasteiger partial charge >= 0.3 is 0 Å². The summed E-state index contributed by atoms with van der Waals surface area (Å²) in [5.41, 5.74) is 0.543. The van der Waals surface area contributed by atoms with Crippen molar-refractivity contribution in [2.24, 2.45) is 0 Å². The van der Waals surface area contributed by atoms with Gasteiger partial charge in [0.25, 0.3) is 5.91 Å². The number of piperidine rings is 1. The summed E-state index contributed by atoms with van der Waals surface area (Å²) in [7, 11) is 0. The molecule has 0 aliphatic carbocycles. The van der Waals surface area contributed by atoms with E-state index in [0.717, 1.165) is 53.6 Å². The number of carbonyl (C=O) groups excluding carboxylic acids is 1. The van der Waals surface area contributed by atoms with Crippen molar-refractivity contribution in [1.82, 2.24) is 4.90 Å². The van der Waals surface area contributed by atoms with Crippen molar-refractivity contribution in [3.05, 3.63) is 72.3 Å². The van der Waals surface area contributed by atoms with Gasteiger partial charge in [0.05, 0.1) is 6.04 Å². The summed E-state index contributed by atoms with van der Waals surface area (Å²) in [6.45, 7) is 7.36. The standard InChI is InChI=1S/C27H31NO3/c1-27(2,3)31-23-16-14-22(15-17-23)30-19-21-11-6-7-18-28(21)26(29)25-13-8-10-20-9-4-5-12-24(20)25/h4-5,8-10,12-17,21H,6-7,11,18-19H2,1-3H3. The molecule has 1 aliphatic heterocycles. The third-order valence-electron chi connectivity index (χ3n) is 5.60. The third kappa shape index (κ3) is 5.19. The smallest absolute Gasteiger partial charge is 0.254 e. The van der Waals surface area contributed by atoms with Gasteiger partial charge in [0.1, 0.15) is 23.7 Å². The lowest BCUT2D eigenvalue weighted by molar-refractivity contribution is 0.0530. The van der Waals surface area contributed by atoms with E-state index in [1.807, 2.05) is 80.3 Å². The van der Waals surface area contributed by atoms with Crippen LogP contribution < -0.4 is 9.47 Å². The zero-order valence-electron chi connectivity index (χ0n) is 18.6. The lowest BCUT2D eigenvalue weighted by Crippen LogP contribution is -2.46. The Morgan fingerprint density at radius 3 is 2.42 bits per heavy atom. The lowest BCUT2D eigenvalue weighted by Gasteiger charge is -2.36. The highest BCUT2D eigenvalue weighted by Crippen LogP contribution is 2.26. The minimum atomic E-state index is -0.229. The van der Waals surface area contributed by atoms with E-state index < -0.39 is 0 Å². The first kappa shape index (κ1) is 21.2. The Balaban J connectivity index is 1.46. The molecule has 1 saturated heterocycles. The van der Waals surface area contributed by atoms with E-state index >= 15 is 0 Å². The van der Waals surface area contributed by atoms with Gasteiger partial charge in [0.2, 0.25) is 0 Å². The molecule has 1 fully saturated rings. The summed E-state index contributed by atoms with van der Waals surface area (Å²) in [5, 5.41) is 2.10. The van der Waals surface area contributed by atoms with Crippen LogP contribution in [0, 0.1) is 0 Å². The number of ether oxygens (including phenoxy) is 2. The molecule has 4 rings (SSSR count). The molecule has 1 unspecified atom stereocenters. The predicted octanol–water partition coefficient (Wildman–Crippen LogP) is 6.09. The van der Waals surface area contributed by atoms with Crippen LogP contribution in [0.25, 0.3) is 10.8 Å². The van der Waals surface area contributed by atoms with Gasteiger partial charge in [-0.1, -0.05) is 36.4 Å². The lowest BCUT2D eigenvalue weighted by atomic mass is 9.99. The van der Waals surface area contributed by atoms with E-state index in [-0.39, 0.29) is 17.6 Å². The van der Waals surface area contributed by atoms with Crippen LogP contribution in [0.5, 0.6) is 11.5 Å². The van der Waals surface area contributed by atoms with Gasteiger partial charge in [0.15, 0.2) is 0 Å². The van der Waals surface area contributed by atoms with Crippen LogP contribution in [0.4, 0.5) is 0 Å². The predicted molar refractivity (Wildman–Crippen MR) is 125 cm³/mol. The summed E-state index contributed by atoms with van der Waals surface area (Å²) < 4.78 is 12.0. The Bertz CT molecular complexity index is 1030. The summed E-state index contributed by atoms with van der Waals surface area (Å²) in [6.07, 6.45) is 3.11. The molecule has 1 aliphatic rings. The Morgan fingerprint density at radius 2 is 1.65 bits per heavy atom. The zero-order chi connectivity index (χ0) is 21.8. The number of benzene rings is 3. The van der Waals surface area contributed by atoms with Crippen molar-refractivity contribution in [2.45, 2.75) is 51.7 Å². The Hall–Kier alpha value is -3.01. The van der Waals surface area contributed by atoms with Crippen molar-refractivity contribution < 1.29 is 14.3 Å². The van der Waals surface area contributed by atoms with Crippen molar-refractivity contribution in [3.63, 3.8) is 0 Å². The second kappa shape index (κ2) is 9.01. The normalized spacial score (nSPS) is 16.9. The minimum absolute atomic E-state index is 0.0747. The molecule has 4 nitrogen and oxygen atoms in total. The molecule has 0 radical (unpaired) electrons. The van der Waals surface area contributed by atoms with Crippen molar-refractivity contribution in [1.29, 1.82) is 0 Å².